The fourth-order valence-electron chi connectivity index (χ4n) is 3.64. The van der Waals surface area contributed by atoms with E-state index in [1.165, 1.54) is 17.4 Å². The fourth-order valence-corrected chi connectivity index (χ4v) is 3.64. The van der Waals surface area contributed by atoms with Crippen molar-refractivity contribution in [2.75, 3.05) is 6.54 Å². The summed E-state index contributed by atoms with van der Waals surface area (Å²) in [6, 6.07) is 19.3. The minimum atomic E-state index is -0.225. The molecule has 0 fully saturated rings. The summed E-state index contributed by atoms with van der Waals surface area (Å²) in [5.41, 5.74) is 4.61. The van der Waals surface area contributed by atoms with E-state index in [2.05, 4.69) is 24.0 Å². The number of nitrogens with zero attached hydrogens (tertiary/aromatic N) is 1. The molecule has 2 aromatic heterocycles. The smallest absolute Gasteiger partial charge is 0.289 e. The van der Waals surface area contributed by atoms with Crippen LogP contribution in [0, 0.1) is 13.8 Å². The molecule has 0 radical (unpaired) electrons. The highest BCUT2D eigenvalue weighted by Gasteiger charge is 2.20. The molecule has 0 bridgehead atoms. The third-order valence-electron chi connectivity index (χ3n) is 5.37. The number of H-pyrrole nitrogens is 1. The van der Waals surface area contributed by atoms with Crippen molar-refractivity contribution in [3.05, 3.63) is 105 Å². The highest BCUT2D eigenvalue weighted by atomic mass is 16.3. The topological polar surface area (TPSA) is 66.3 Å². The molecule has 0 aliphatic heterocycles. The van der Waals surface area contributed by atoms with Crippen molar-refractivity contribution in [2.45, 2.75) is 26.8 Å². The lowest BCUT2D eigenvalue weighted by Crippen LogP contribution is -2.34. The molecule has 1 amide bonds. The number of aryl methyl sites for hydroxylation is 2. The zero-order valence-corrected chi connectivity index (χ0v) is 17.1. The Balaban J connectivity index is 1.64. The summed E-state index contributed by atoms with van der Waals surface area (Å²) in [5, 5.41) is 0.944. The summed E-state index contributed by atoms with van der Waals surface area (Å²) in [4.78, 5) is 30.4. The molecular weight excluding hydrogens is 376 g/mol. The van der Waals surface area contributed by atoms with Gasteiger partial charge in [-0.05, 0) is 66.6 Å². The van der Waals surface area contributed by atoms with Crippen molar-refractivity contribution in [3.63, 3.8) is 0 Å². The van der Waals surface area contributed by atoms with Crippen molar-refractivity contribution in [3.8, 4) is 0 Å². The highest BCUT2D eigenvalue weighted by molar-refractivity contribution is 5.91. The second-order valence-electron chi connectivity index (χ2n) is 7.59. The van der Waals surface area contributed by atoms with Gasteiger partial charge in [-0.2, -0.15) is 0 Å². The first-order valence-electron chi connectivity index (χ1n) is 10.0. The van der Waals surface area contributed by atoms with Gasteiger partial charge < -0.3 is 14.3 Å². The van der Waals surface area contributed by atoms with Crippen LogP contribution in [-0.2, 0) is 13.0 Å². The van der Waals surface area contributed by atoms with Crippen LogP contribution in [0.15, 0.2) is 76.1 Å². The monoisotopic (exact) mass is 400 g/mol. The maximum absolute atomic E-state index is 13.1. The zero-order chi connectivity index (χ0) is 21.1. The van der Waals surface area contributed by atoms with Crippen molar-refractivity contribution in [2.24, 2.45) is 0 Å². The fraction of sp³-hybridized carbons (Fsp3) is 0.200. The first kappa shape index (κ1) is 19.7. The first-order chi connectivity index (χ1) is 14.5. The number of amides is 1. The SMILES string of the molecule is Cc1ccc2cc(CN(CCc3ccccc3C)C(=O)c3ccco3)c(=O)[nH]c2c1. The second-order valence-corrected chi connectivity index (χ2v) is 7.59. The van der Waals surface area contributed by atoms with Gasteiger partial charge in [0.2, 0.25) is 0 Å². The minimum Gasteiger partial charge on any atom is -0.459 e. The van der Waals surface area contributed by atoms with Crippen LogP contribution in [-0.4, -0.2) is 22.3 Å². The van der Waals surface area contributed by atoms with Gasteiger partial charge in [0.05, 0.1) is 12.8 Å². The maximum atomic E-state index is 13.1. The van der Waals surface area contributed by atoms with E-state index >= 15 is 0 Å². The van der Waals surface area contributed by atoms with Crippen LogP contribution in [0.2, 0.25) is 0 Å². The third kappa shape index (κ3) is 4.20. The molecule has 0 saturated heterocycles. The molecule has 0 aliphatic carbocycles. The van der Waals surface area contributed by atoms with Gasteiger partial charge in [-0.3, -0.25) is 9.59 Å². The van der Waals surface area contributed by atoms with Gasteiger partial charge in [0.25, 0.3) is 11.5 Å². The zero-order valence-electron chi connectivity index (χ0n) is 17.1. The molecule has 2 aromatic carbocycles. The number of aromatic amines is 1. The first-order valence-corrected chi connectivity index (χ1v) is 10.0. The number of carbonyl (C=O) groups is 1. The van der Waals surface area contributed by atoms with Crippen molar-refractivity contribution in [1.29, 1.82) is 0 Å². The van der Waals surface area contributed by atoms with E-state index in [1.54, 1.807) is 17.0 Å². The Bertz CT molecular complexity index is 1240. The molecule has 1 N–H and O–H groups in total. The standard InChI is InChI=1S/C25H24N2O3/c1-17-9-10-20-15-21(24(28)26-22(20)14-17)16-27(25(29)23-8-5-13-30-23)12-11-19-7-4-3-6-18(19)2/h3-10,13-15H,11-12,16H2,1-2H3,(H,26,28). The molecule has 4 aromatic rings. The largest absolute Gasteiger partial charge is 0.459 e. The van der Waals surface area contributed by atoms with Gasteiger partial charge in [-0.1, -0.05) is 36.4 Å². The highest BCUT2D eigenvalue weighted by Crippen LogP contribution is 2.16. The Kier molecular flexibility index (Phi) is 5.53. The summed E-state index contributed by atoms with van der Waals surface area (Å²) in [6.45, 7) is 4.74. The van der Waals surface area contributed by atoms with Crippen molar-refractivity contribution >= 4 is 16.8 Å². The summed E-state index contributed by atoms with van der Waals surface area (Å²) < 4.78 is 5.33. The Labute approximate surface area is 175 Å². The van der Waals surface area contributed by atoms with Crippen molar-refractivity contribution < 1.29 is 9.21 Å². The Morgan fingerprint density at radius 2 is 1.83 bits per heavy atom. The number of nitrogens with one attached hydrogen (secondary N) is 1. The predicted molar refractivity (Wildman–Crippen MR) is 118 cm³/mol. The normalized spacial score (nSPS) is 11.0. The van der Waals surface area contributed by atoms with Crippen LogP contribution in [0.4, 0.5) is 0 Å². The summed E-state index contributed by atoms with van der Waals surface area (Å²) in [7, 11) is 0. The predicted octanol–water partition coefficient (Wildman–Crippen LogP) is 4.62. The number of hydrogen-bond acceptors (Lipinski definition) is 3. The van der Waals surface area contributed by atoms with E-state index in [-0.39, 0.29) is 23.8 Å². The van der Waals surface area contributed by atoms with E-state index in [0.29, 0.717) is 18.5 Å². The minimum absolute atomic E-state index is 0.179. The third-order valence-corrected chi connectivity index (χ3v) is 5.37. The van der Waals surface area contributed by atoms with Gasteiger partial charge >= 0.3 is 0 Å². The molecule has 5 nitrogen and oxygen atoms in total. The average molecular weight is 400 g/mol. The Morgan fingerprint density at radius 3 is 2.60 bits per heavy atom. The van der Waals surface area contributed by atoms with E-state index in [9.17, 15) is 9.59 Å². The van der Waals surface area contributed by atoms with Crippen molar-refractivity contribution in [1.82, 2.24) is 9.88 Å². The number of hydrogen-bond donors (Lipinski definition) is 1. The average Bonchev–Trinajstić information content (AvgIpc) is 3.27. The van der Waals surface area contributed by atoms with E-state index in [1.807, 2.05) is 43.3 Å². The lowest BCUT2D eigenvalue weighted by molar-refractivity contribution is 0.0712. The molecule has 0 aliphatic rings. The second kappa shape index (κ2) is 8.41. The lowest BCUT2D eigenvalue weighted by Gasteiger charge is -2.22. The molecule has 0 atom stereocenters. The van der Waals surface area contributed by atoms with Crippen LogP contribution in [0.5, 0.6) is 0 Å². The Morgan fingerprint density at radius 1 is 1.00 bits per heavy atom. The number of benzene rings is 2. The van der Waals surface area contributed by atoms with Gasteiger partial charge in [-0.25, -0.2) is 0 Å². The van der Waals surface area contributed by atoms with E-state index in [0.717, 1.165) is 16.5 Å². The molecule has 0 unspecified atom stereocenters. The number of carbonyl (C=O) groups excluding carboxylic acids is 1. The van der Waals surface area contributed by atoms with Crippen LogP contribution in [0.1, 0.15) is 32.8 Å². The molecular formula is C25H24N2O3. The van der Waals surface area contributed by atoms with Crippen LogP contribution in [0.25, 0.3) is 10.9 Å². The van der Waals surface area contributed by atoms with Gasteiger partial charge in [0.1, 0.15) is 0 Å². The maximum Gasteiger partial charge on any atom is 0.289 e. The summed E-state index contributed by atoms with van der Waals surface area (Å²) in [6.07, 6.45) is 2.18. The number of aromatic nitrogens is 1. The molecule has 5 heteroatoms. The Hall–Kier alpha value is -3.60. The molecule has 0 spiro atoms. The van der Waals surface area contributed by atoms with E-state index < -0.39 is 0 Å². The molecule has 0 saturated carbocycles. The lowest BCUT2D eigenvalue weighted by atomic mass is 10.1. The van der Waals surface area contributed by atoms with Gasteiger partial charge in [0, 0.05) is 17.6 Å². The van der Waals surface area contributed by atoms with Gasteiger partial charge in [-0.15, -0.1) is 0 Å². The van der Waals surface area contributed by atoms with Gasteiger partial charge in [0.15, 0.2) is 5.76 Å². The quantitative estimate of drug-likeness (QED) is 0.513. The van der Waals surface area contributed by atoms with Crippen LogP contribution in [0.3, 0.4) is 0 Å². The molecule has 152 valence electrons. The number of furan rings is 1. The van der Waals surface area contributed by atoms with Crippen LogP contribution >= 0.6 is 0 Å². The number of fused-ring (bicyclic) bond motifs is 1. The molecule has 30 heavy (non-hydrogen) atoms. The summed E-state index contributed by atoms with van der Waals surface area (Å²) in [5.74, 6) is 0.0459. The molecule has 2 heterocycles. The van der Waals surface area contributed by atoms with E-state index in [4.69, 9.17) is 4.42 Å². The molecule has 4 rings (SSSR count). The number of rotatable bonds is 6. The summed E-state index contributed by atoms with van der Waals surface area (Å²) >= 11 is 0. The number of pyridine rings is 1. The van der Waals surface area contributed by atoms with Crippen LogP contribution < -0.4 is 5.56 Å².